The first-order valence-corrected chi connectivity index (χ1v) is 15.2. The molecule has 1 unspecified atom stereocenters. The summed E-state index contributed by atoms with van der Waals surface area (Å²) in [5, 5.41) is 2.80. The van der Waals surface area contributed by atoms with Crippen LogP contribution in [0.3, 0.4) is 0 Å². The van der Waals surface area contributed by atoms with E-state index < -0.39 is 28.5 Å². The van der Waals surface area contributed by atoms with Crippen molar-refractivity contribution < 1.29 is 32.2 Å². The third kappa shape index (κ3) is 7.73. The third-order valence-corrected chi connectivity index (χ3v) is 8.36. The lowest BCUT2D eigenvalue weighted by Crippen LogP contribution is -2.52. The zero-order valence-electron chi connectivity index (χ0n) is 24.7. The van der Waals surface area contributed by atoms with Crippen molar-refractivity contribution in [1.82, 2.24) is 10.2 Å². The van der Waals surface area contributed by atoms with E-state index in [1.54, 1.807) is 31.2 Å². The van der Waals surface area contributed by atoms with Gasteiger partial charge < -0.3 is 24.4 Å². The van der Waals surface area contributed by atoms with Gasteiger partial charge in [-0.05, 0) is 62.2 Å². The molecule has 2 amide bonds. The van der Waals surface area contributed by atoms with Gasteiger partial charge in [0.05, 0.1) is 31.4 Å². The Bertz CT molecular complexity index is 1430. The number of carbonyl (C=O) groups is 2. The van der Waals surface area contributed by atoms with Crippen LogP contribution >= 0.6 is 0 Å². The lowest BCUT2D eigenvalue weighted by Gasteiger charge is -2.33. The van der Waals surface area contributed by atoms with Crippen LogP contribution in [0.2, 0.25) is 0 Å². The number of likely N-dealkylation sites (N-methyl/N-ethyl adjacent to an activating group) is 1. The van der Waals surface area contributed by atoms with Crippen LogP contribution in [0.5, 0.6) is 17.2 Å². The standard InChI is InChI=1S/C31H39N3O7S/c1-6-27(31(36)32-7-2)33(21-23-12-10-9-11-13-23)30(35)22-34(24-14-16-25(17-15-24)41-8-3)42(37,38)26-18-19-28(39-4)29(20-26)40-5/h9-20,27H,6-8,21-22H2,1-5H3,(H,32,36). The van der Waals surface area contributed by atoms with Crippen molar-refractivity contribution in [1.29, 1.82) is 0 Å². The van der Waals surface area contributed by atoms with Gasteiger partial charge in [0, 0.05) is 19.2 Å². The first kappa shape index (κ1) is 32.3. The van der Waals surface area contributed by atoms with Crippen molar-refractivity contribution in [2.45, 2.75) is 44.7 Å². The van der Waals surface area contributed by atoms with Gasteiger partial charge in [-0.2, -0.15) is 0 Å². The molecule has 226 valence electrons. The van der Waals surface area contributed by atoms with E-state index in [0.717, 1.165) is 9.87 Å². The van der Waals surface area contributed by atoms with E-state index >= 15 is 0 Å². The van der Waals surface area contributed by atoms with Crippen molar-refractivity contribution in [3.63, 3.8) is 0 Å². The number of sulfonamides is 1. The van der Waals surface area contributed by atoms with Gasteiger partial charge in [0.25, 0.3) is 10.0 Å². The molecule has 0 saturated carbocycles. The fourth-order valence-corrected chi connectivity index (χ4v) is 5.93. The van der Waals surface area contributed by atoms with E-state index in [4.69, 9.17) is 14.2 Å². The summed E-state index contributed by atoms with van der Waals surface area (Å²) in [5.74, 6) is 0.310. The van der Waals surface area contributed by atoms with Crippen LogP contribution in [-0.4, -0.2) is 65.1 Å². The Labute approximate surface area is 248 Å². The molecule has 1 atom stereocenters. The highest BCUT2D eigenvalue weighted by atomic mass is 32.2. The second-order valence-corrected chi connectivity index (χ2v) is 11.1. The van der Waals surface area contributed by atoms with Gasteiger partial charge in [-0.25, -0.2) is 8.42 Å². The lowest BCUT2D eigenvalue weighted by atomic mass is 10.1. The molecule has 3 rings (SSSR count). The Morgan fingerprint density at radius 2 is 1.55 bits per heavy atom. The predicted molar refractivity (Wildman–Crippen MR) is 161 cm³/mol. The van der Waals surface area contributed by atoms with Crippen molar-refractivity contribution in [2.24, 2.45) is 0 Å². The maximum absolute atomic E-state index is 14.2. The summed E-state index contributed by atoms with van der Waals surface area (Å²) in [5.41, 5.74) is 1.07. The van der Waals surface area contributed by atoms with Crippen LogP contribution in [0.1, 0.15) is 32.8 Å². The Balaban J connectivity index is 2.09. The predicted octanol–water partition coefficient (Wildman–Crippen LogP) is 4.24. The summed E-state index contributed by atoms with van der Waals surface area (Å²) in [6.45, 7) is 5.89. The molecule has 11 heteroatoms. The molecule has 0 bridgehead atoms. The Hall–Kier alpha value is -4.25. The zero-order valence-corrected chi connectivity index (χ0v) is 25.5. The number of nitrogens with zero attached hydrogens (tertiary/aromatic N) is 2. The number of benzene rings is 3. The number of rotatable bonds is 15. The minimum atomic E-state index is -4.29. The van der Waals surface area contributed by atoms with E-state index in [-0.39, 0.29) is 28.8 Å². The van der Waals surface area contributed by atoms with E-state index in [2.05, 4.69) is 5.32 Å². The van der Waals surface area contributed by atoms with Gasteiger partial charge in [0.2, 0.25) is 11.8 Å². The molecule has 3 aromatic rings. The van der Waals surface area contributed by atoms with Gasteiger partial charge in [0.1, 0.15) is 18.3 Å². The first-order valence-electron chi connectivity index (χ1n) is 13.8. The van der Waals surface area contributed by atoms with Crippen LogP contribution < -0.4 is 23.8 Å². The highest BCUT2D eigenvalue weighted by molar-refractivity contribution is 7.92. The molecule has 10 nitrogen and oxygen atoms in total. The molecule has 0 fully saturated rings. The van der Waals surface area contributed by atoms with Crippen molar-refractivity contribution >= 4 is 27.5 Å². The van der Waals surface area contributed by atoms with Gasteiger partial charge >= 0.3 is 0 Å². The molecule has 3 aromatic carbocycles. The Morgan fingerprint density at radius 3 is 2.12 bits per heavy atom. The van der Waals surface area contributed by atoms with Crippen LogP contribution in [0.4, 0.5) is 5.69 Å². The van der Waals surface area contributed by atoms with Gasteiger partial charge in [0.15, 0.2) is 11.5 Å². The molecule has 0 aromatic heterocycles. The molecular formula is C31H39N3O7S. The summed E-state index contributed by atoms with van der Waals surface area (Å²) in [7, 11) is -1.42. The van der Waals surface area contributed by atoms with E-state index in [9.17, 15) is 18.0 Å². The van der Waals surface area contributed by atoms with Crippen molar-refractivity contribution in [3.05, 3.63) is 78.4 Å². The number of carbonyl (C=O) groups excluding carboxylic acids is 2. The van der Waals surface area contributed by atoms with Crippen LogP contribution in [0.25, 0.3) is 0 Å². The summed E-state index contributed by atoms with van der Waals surface area (Å²) in [4.78, 5) is 28.5. The molecule has 0 radical (unpaired) electrons. The minimum absolute atomic E-state index is 0.0905. The molecule has 42 heavy (non-hydrogen) atoms. The van der Waals surface area contributed by atoms with E-state index in [1.165, 1.54) is 37.3 Å². The number of amides is 2. The number of hydrogen-bond acceptors (Lipinski definition) is 7. The normalized spacial score (nSPS) is 11.7. The molecular weight excluding hydrogens is 558 g/mol. The quantitative estimate of drug-likeness (QED) is 0.279. The van der Waals surface area contributed by atoms with Gasteiger partial charge in [-0.15, -0.1) is 0 Å². The molecule has 0 aliphatic carbocycles. The fraction of sp³-hybridized carbons (Fsp3) is 0.355. The van der Waals surface area contributed by atoms with Gasteiger partial charge in [-0.1, -0.05) is 37.3 Å². The molecule has 0 spiro atoms. The van der Waals surface area contributed by atoms with Crippen molar-refractivity contribution in [3.8, 4) is 17.2 Å². The molecule has 0 aliphatic rings. The minimum Gasteiger partial charge on any atom is -0.494 e. The first-order chi connectivity index (χ1) is 20.2. The van der Waals surface area contributed by atoms with Crippen LogP contribution in [0, 0.1) is 0 Å². The monoisotopic (exact) mass is 597 g/mol. The summed E-state index contributed by atoms with van der Waals surface area (Å²) in [6, 6.07) is 19.2. The summed E-state index contributed by atoms with van der Waals surface area (Å²) >= 11 is 0. The number of methoxy groups -OCH3 is 2. The number of nitrogens with one attached hydrogen (secondary N) is 1. The van der Waals surface area contributed by atoms with Crippen LogP contribution in [0.15, 0.2) is 77.7 Å². The summed E-state index contributed by atoms with van der Waals surface area (Å²) in [6.07, 6.45) is 0.343. The zero-order chi connectivity index (χ0) is 30.7. The maximum atomic E-state index is 14.2. The van der Waals surface area contributed by atoms with Crippen molar-refractivity contribution in [2.75, 3.05) is 38.2 Å². The number of hydrogen-bond donors (Lipinski definition) is 1. The molecule has 1 N–H and O–H groups in total. The largest absolute Gasteiger partial charge is 0.494 e. The molecule has 0 saturated heterocycles. The SMILES string of the molecule is CCNC(=O)C(CC)N(Cc1ccccc1)C(=O)CN(c1ccc(OCC)cc1)S(=O)(=O)c1ccc(OC)c(OC)c1. The topological polar surface area (TPSA) is 114 Å². The second kappa shape index (κ2) is 15.1. The summed E-state index contributed by atoms with van der Waals surface area (Å²) < 4.78 is 45.5. The Kier molecular flexibility index (Phi) is 11.6. The fourth-order valence-electron chi connectivity index (χ4n) is 4.50. The van der Waals surface area contributed by atoms with E-state index in [1.807, 2.05) is 44.2 Å². The second-order valence-electron chi connectivity index (χ2n) is 9.28. The van der Waals surface area contributed by atoms with E-state index in [0.29, 0.717) is 31.1 Å². The number of ether oxygens (including phenoxy) is 3. The average Bonchev–Trinajstić information content (AvgIpc) is 3.00. The maximum Gasteiger partial charge on any atom is 0.264 e. The molecule has 0 aliphatic heterocycles. The molecule has 0 heterocycles. The van der Waals surface area contributed by atoms with Crippen LogP contribution in [-0.2, 0) is 26.2 Å². The highest BCUT2D eigenvalue weighted by Crippen LogP contribution is 2.33. The Morgan fingerprint density at radius 1 is 0.881 bits per heavy atom. The lowest BCUT2D eigenvalue weighted by molar-refractivity contribution is -0.140. The number of anilines is 1. The van der Waals surface area contributed by atoms with Gasteiger partial charge in [-0.3, -0.25) is 13.9 Å². The third-order valence-electron chi connectivity index (χ3n) is 6.59. The highest BCUT2D eigenvalue weighted by Gasteiger charge is 2.34. The average molecular weight is 598 g/mol. The smallest absolute Gasteiger partial charge is 0.264 e.